The molecule has 164 valence electrons. The number of carbonyl (C=O) groups is 1. The Hall–Kier alpha value is -4.31. The van der Waals surface area contributed by atoms with Crippen LogP contribution in [0.2, 0.25) is 0 Å². The standard InChI is InChI=1S/C26H24N6O/c1-16-5-6-20(32-25(33)17-7-8-29-23(10-17)26(2,3)15-27)11-21(16)18-9-19-14-31-24(28-4)12-22(19)30-13-18/h5-14H,1-4H3,(H,28,31)(H,32,33). The third-order valence-corrected chi connectivity index (χ3v) is 5.57. The molecular weight excluding hydrogens is 412 g/mol. The summed E-state index contributed by atoms with van der Waals surface area (Å²) in [6.45, 7) is 5.57. The van der Waals surface area contributed by atoms with Crippen molar-refractivity contribution < 1.29 is 4.79 Å². The largest absolute Gasteiger partial charge is 0.373 e. The topological polar surface area (TPSA) is 104 Å². The molecule has 0 saturated heterocycles. The molecule has 0 aliphatic carbocycles. The average Bonchev–Trinajstić information content (AvgIpc) is 2.84. The van der Waals surface area contributed by atoms with Crippen molar-refractivity contribution in [3.63, 3.8) is 0 Å². The van der Waals surface area contributed by atoms with Gasteiger partial charge in [-0.05, 0) is 62.2 Å². The lowest BCUT2D eigenvalue weighted by Gasteiger charge is -2.15. The van der Waals surface area contributed by atoms with E-state index >= 15 is 0 Å². The van der Waals surface area contributed by atoms with Gasteiger partial charge in [0.15, 0.2) is 0 Å². The third-order valence-electron chi connectivity index (χ3n) is 5.57. The number of pyridine rings is 3. The number of hydrogen-bond donors (Lipinski definition) is 2. The predicted octanol–water partition coefficient (Wildman–Crippen LogP) is 5.10. The van der Waals surface area contributed by atoms with Gasteiger partial charge in [0.2, 0.25) is 0 Å². The highest BCUT2D eigenvalue weighted by molar-refractivity contribution is 6.04. The van der Waals surface area contributed by atoms with Gasteiger partial charge < -0.3 is 10.6 Å². The third kappa shape index (κ3) is 4.51. The first-order chi connectivity index (χ1) is 15.8. The Labute approximate surface area is 192 Å². The summed E-state index contributed by atoms with van der Waals surface area (Å²) in [4.78, 5) is 26.1. The molecule has 1 amide bonds. The number of rotatable bonds is 5. The van der Waals surface area contributed by atoms with E-state index in [9.17, 15) is 10.1 Å². The van der Waals surface area contributed by atoms with Gasteiger partial charge in [0.1, 0.15) is 5.82 Å². The van der Waals surface area contributed by atoms with Crippen molar-refractivity contribution in [2.75, 3.05) is 17.7 Å². The van der Waals surface area contributed by atoms with Crippen molar-refractivity contribution in [3.8, 4) is 17.2 Å². The van der Waals surface area contributed by atoms with E-state index in [1.807, 2.05) is 50.5 Å². The molecule has 7 nitrogen and oxygen atoms in total. The quantitative estimate of drug-likeness (QED) is 0.451. The molecule has 33 heavy (non-hydrogen) atoms. The normalized spacial score (nSPS) is 11.1. The molecule has 0 aliphatic rings. The number of carbonyl (C=O) groups excluding carboxylic acids is 1. The highest BCUT2D eigenvalue weighted by Gasteiger charge is 2.22. The predicted molar refractivity (Wildman–Crippen MR) is 130 cm³/mol. The second-order valence-electron chi connectivity index (χ2n) is 8.39. The van der Waals surface area contributed by atoms with Gasteiger partial charge in [0.25, 0.3) is 5.91 Å². The van der Waals surface area contributed by atoms with E-state index in [-0.39, 0.29) is 5.91 Å². The molecule has 4 aromatic rings. The SMILES string of the molecule is CNc1cc2ncc(-c3cc(NC(=O)c4ccnc(C(C)(C)C#N)c4)ccc3C)cc2cn1. The second-order valence-corrected chi connectivity index (χ2v) is 8.39. The van der Waals surface area contributed by atoms with Crippen molar-refractivity contribution in [2.24, 2.45) is 0 Å². The van der Waals surface area contributed by atoms with Gasteiger partial charge in [0, 0.05) is 53.9 Å². The number of nitrogens with one attached hydrogen (secondary N) is 2. The van der Waals surface area contributed by atoms with E-state index in [4.69, 9.17) is 0 Å². The van der Waals surface area contributed by atoms with Crippen molar-refractivity contribution in [3.05, 3.63) is 77.9 Å². The Morgan fingerprint density at radius 1 is 1.03 bits per heavy atom. The minimum absolute atomic E-state index is 0.261. The summed E-state index contributed by atoms with van der Waals surface area (Å²) >= 11 is 0. The van der Waals surface area contributed by atoms with Crippen LogP contribution in [0, 0.1) is 18.3 Å². The maximum atomic E-state index is 12.9. The number of amides is 1. The van der Waals surface area contributed by atoms with Gasteiger partial charge >= 0.3 is 0 Å². The van der Waals surface area contributed by atoms with Crippen LogP contribution in [-0.2, 0) is 5.41 Å². The molecule has 0 bridgehead atoms. The lowest BCUT2D eigenvalue weighted by Crippen LogP contribution is -2.18. The number of nitrogens with zero attached hydrogens (tertiary/aromatic N) is 4. The number of benzene rings is 1. The summed E-state index contributed by atoms with van der Waals surface area (Å²) in [7, 11) is 1.82. The number of fused-ring (bicyclic) bond motifs is 1. The first-order valence-electron chi connectivity index (χ1n) is 10.5. The molecule has 1 aromatic carbocycles. The van der Waals surface area contributed by atoms with Crippen molar-refractivity contribution >= 4 is 28.3 Å². The van der Waals surface area contributed by atoms with E-state index in [1.54, 1.807) is 38.4 Å². The summed E-state index contributed by atoms with van der Waals surface area (Å²) in [5, 5.41) is 16.3. The van der Waals surface area contributed by atoms with Crippen LogP contribution in [0.4, 0.5) is 11.5 Å². The molecule has 0 spiro atoms. The Balaban J connectivity index is 1.63. The van der Waals surface area contributed by atoms with Crippen molar-refractivity contribution in [2.45, 2.75) is 26.2 Å². The van der Waals surface area contributed by atoms with Gasteiger partial charge in [-0.1, -0.05) is 6.07 Å². The highest BCUT2D eigenvalue weighted by atomic mass is 16.1. The molecule has 0 radical (unpaired) electrons. The minimum atomic E-state index is -0.779. The summed E-state index contributed by atoms with van der Waals surface area (Å²) in [6.07, 6.45) is 5.18. The monoisotopic (exact) mass is 436 g/mol. The molecular formula is C26H24N6O. The van der Waals surface area contributed by atoms with Crippen LogP contribution in [0.1, 0.15) is 35.5 Å². The van der Waals surface area contributed by atoms with E-state index in [0.717, 1.165) is 33.4 Å². The zero-order valence-electron chi connectivity index (χ0n) is 19.0. The summed E-state index contributed by atoms with van der Waals surface area (Å²) in [6, 6.07) is 15.2. The number of aromatic nitrogens is 3. The molecule has 0 aliphatic heterocycles. The number of hydrogen-bond acceptors (Lipinski definition) is 6. The molecule has 0 atom stereocenters. The zero-order chi connectivity index (χ0) is 23.6. The van der Waals surface area contributed by atoms with E-state index in [2.05, 4.69) is 31.7 Å². The zero-order valence-corrected chi connectivity index (χ0v) is 19.0. The maximum Gasteiger partial charge on any atom is 0.255 e. The van der Waals surface area contributed by atoms with Crippen LogP contribution in [0.15, 0.2) is 61.1 Å². The van der Waals surface area contributed by atoms with E-state index in [0.29, 0.717) is 16.9 Å². The first kappa shape index (κ1) is 21.9. The smallest absolute Gasteiger partial charge is 0.255 e. The number of nitriles is 1. The van der Waals surface area contributed by atoms with Gasteiger partial charge in [-0.3, -0.25) is 14.8 Å². The second kappa shape index (κ2) is 8.67. The van der Waals surface area contributed by atoms with E-state index < -0.39 is 5.41 Å². The fourth-order valence-corrected chi connectivity index (χ4v) is 3.49. The van der Waals surface area contributed by atoms with Crippen LogP contribution in [-0.4, -0.2) is 27.9 Å². The highest BCUT2D eigenvalue weighted by Crippen LogP contribution is 2.29. The molecule has 3 heterocycles. The Morgan fingerprint density at radius 2 is 1.85 bits per heavy atom. The Bertz CT molecular complexity index is 1400. The van der Waals surface area contributed by atoms with Gasteiger partial charge in [-0.25, -0.2) is 4.98 Å². The van der Waals surface area contributed by atoms with E-state index in [1.165, 1.54) is 0 Å². The average molecular weight is 437 g/mol. The van der Waals surface area contributed by atoms with Gasteiger partial charge in [-0.2, -0.15) is 5.26 Å². The molecule has 3 aromatic heterocycles. The van der Waals surface area contributed by atoms with Crippen LogP contribution >= 0.6 is 0 Å². The molecule has 0 saturated carbocycles. The van der Waals surface area contributed by atoms with Crippen LogP contribution in [0.5, 0.6) is 0 Å². The van der Waals surface area contributed by atoms with Crippen LogP contribution < -0.4 is 10.6 Å². The fraction of sp³-hybridized carbons (Fsp3) is 0.192. The van der Waals surface area contributed by atoms with Crippen LogP contribution in [0.3, 0.4) is 0 Å². The molecule has 0 unspecified atom stereocenters. The molecule has 7 heteroatoms. The minimum Gasteiger partial charge on any atom is -0.373 e. The molecule has 4 rings (SSSR count). The molecule has 0 fully saturated rings. The van der Waals surface area contributed by atoms with Crippen LogP contribution in [0.25, 0.3) is 22.0 Å². The number of aryl methyl sites for hydroxylation is 1. The van der Waals surface area contributed by atoms with Gasteiger partial charge in [-0.15, -0.1) is 0 Å². The Morgan fingerprint density at radius 3 is 2.61 bits per heavy atom. The van der Waals surface area contributed by atoms with Gasteiger partial charge in [0.05, 0.1) is 22.7 Å². The molecule has 2 N–H and O–H groups in total. The van der Waals surface area contributed by atoms with Crippen molar-refractivity contribution in [1.82, 2.24) is 15.0 Å². The lowest BCUT2D eigenvalue weighted by molar-refractivity contribution is 0.102. The number of anilines is 2. The fourth-order valence-electron chi connectivity index (χ4n) is 3.49. The summed E-state index contributed by atoms with van der Waals surface area (Å²) in [5.41, 5.74) is 4.73. The Kier molecular flexibility index (Phi) is 5.76. The summed E-state index contributed by atoms with van der Waals surface area (Å²) < 4.78 is 0. The van der Waals surface area contributed by atoms with Crippen molar-refractivity contribution in [1.29, 1.82) is 5.26 Å². The first-order valence-corrected chi connectivity index (χ1v) is 10.5. The lowest BCUT2D eigenvalue weighted by atomic mass is 9.90. The maximum absolute atomic E-state index is 12.9. The summed E-state index contributed by atoms with van der Waals surface area (Å²) in [5.74, 6) is 0.503.